The van der Waals surface area contributed by atoms with Gasteiger partial charge in [0.1, 0.15) is 17.3 Å². The number of piperazine rings is 1. The van der Waals surface area contributed by atoms with Gasteiger partial charge < -0.3 is 19.5 Å². The standard InChI is InChI=1S/C21H26ClFN2O3/c1-27-20-8-4-7-19(23)21(20)25-11-9-24(10-12-25)13-17(26)15-28-14-16-5-2-3-6-18(16)22/h2-8,17,26H,9-15H2,1H3. The molecule has 0 amide bonds. The van der Waals surface area contributed by atoms with E-state index in [1.165, 1.54) is 6.07 Å². The highest BCUT2D eigenvalue weighted by atomic mass is 35.5. The van der Waals surface area contributed by atoms with Crippen LogP contribution in [0, 0.1) is 5.82 Å². The number of para-hydroxylation sites is 1. The van der Waals surface area contributed by atoms with Gasteiger partial charge in [0.15, 0.2) is 0 Å². The number of aliphatic hydroxyl groups excluding tert-OH is 1. The number of hydrogen-bond acceptors (Lipinski definition) is 5. The molecule has 1 aliphatic rings. The Bertz CT molecular complexity index is 769. The van der Waals surface area contributed by atoms with Crippen LogP contribution >= 0.6 is 11.6 Å². The Morgan fingerprint density at radius 1 is 1.11 bits per heavy atom. The third-order valence-electron chi connectivity index (χ3n) is 4.85. The van der Waals surface area contributed by atoms with E-state index in [2.05, 4.69) is 4.90 Å². The number of rotatable bonds is 8. The van der Waals surface area contributed by atoms with Gasteiger partial charge in [0.2, 0.25) is 0 Å². The van der Waals surface area contributed by atoms with Crippen LogP contribution in [0.25, 0.3) is 0 Å². The van der Waals surface area contributed by atoms with E-state index in [1.54, 1.807) is 19.2 Å². The Hall–Kier alpha value is -1.86. The maximum Gasteiger partial charge on any atom is 0.150 e. The van der Waals surface area contributed by atoms with Gasteiger partial charge in [0.25, 0.3) is 0 Å². The quantitative estimate of drug-likeness (QED) is 0.726. The predicted molar refractivity (Wildman–Crippen MR) is 109 cm³/mol. The topological polar surface area (TPSA) is 45.2 Å². The number of anilines is 1. The molecule has 1 aliphatic heterocycles. The number of methoxy groups -OCH3 is 1. The molecule has 0 bridgehead atoms. The van der Waals surface area contributed by atoms with Crippen LogP contribution < -0.4 is 9.64 Å². The monoisotopic (exact) mass is 408 g/mol. The molecule has 2 aromatic carbocycles. The number of hydrogen-bond donors (Lipinski definition) is 1. The molecule has 0 saturated carbocycles. The largest absolute Gasteiger partial charge is 0.494 e. The average molecular weight is 409 g/mol. The molecule has 3 rings (SSSR count). The highest BCUT2D eigenvalue weighted by Crippen LogP contribution is 2.31. The van der Waals surface area contributed by atoms with Crippen molar-refractivity contribution < 1.29 is 19.0 Å². The number of aliphatic hydroxyl groups is 1. The minimum Gasteiger partial charge on any atom is -0.494 e. The Balaban J connectivity index is 1.43. The summed E-state index contributed by atoms with van der Waals surface area (Å²) in [6.45, 7) is 3.95. The van der Waals surface area contributed by atoms with Crippen LogP contribution in [0.4, 0.5) is 10.1 Å². The first-order valence-corrected chi connectivity index (χ1v) is 9.75. The van der Waals surface area contributed by atoms with E-state index in [0.717, 1.165) is 18.7 Å². The van der Waals surface area contributed by atoms with Crippen LogP contribution in [-0.4, -0.2) is 62.6 Å². The minimum absolute atomic E-state index is 0.243. The van der Waals surface area contributed by atoms with Crippen LogP contribution in [0.15, 0.2) is 42.5 Å². The predicted octanol–water partition coefficient (Wildman–Crippen LogP) is 3.19. The zero-order valence-electron chi connectivity index (χ0n) is 16.0. The maximum atomic E-state index is 14.2. The van der Waals surface area contributed by atoms with Crippen molar-refractivity contribution in [1.82, 2.24) is 4.90 Å². The van der Waals surface area contributed by atoms with E-state index in [4.69, 9.17) is 21.1 Å². The molecule has 28 heavy (non-hydrogen) atoms. The molecule has 1 unspecified atom stereocenters. The number of β-amino-alcohol motifs (C(OH)–C–C–N with tert-alkyl or cyclic N) is 1. The number of ether oxygens (including phenoxy) is 2. The van der Waals surface area contributed by atoms with Gasteiger partial charge in [-0.05, 0) is 23.8 Å². The van der Waals surface area contributed by atoms with E-state index in [1.807, 2.05) is 29.2 Å². The second-order valence-electron chi connectivity index (χ2n) is 6.84. The first-order valence-electron chi connectivity index (χ1n) is 9.37. The zero-order chi connectivity index (χ0) is 19.9. The number of benzene rings is 2. The Kier molecular flexibility index (Phi) is 7.50. The van der Waals surface area contributed by atoms with Gasteiger partial charge >= 0.3 is 0 Å². The van der Waals surface area contributed by atoms with Crippen LogP contribution in [-0.2, 0) is 11.3 Å². The normalized spacial score (nSPS) is 16.2. The SMILES string of the molecule is COc1cccc(F)c1N1CCN(CC(O)COCc2ccccc2Cl)CC1. The summed E-state index contributed by atoms with van der Waals surface area (Å²) in [6.07, 6.45) is -0.586. The van der Waals surface area contributed by atoms with Crippen molar-refractivity contribution in [2.24, 2.45) is 0 Å². The van der Waals surface area contributed by atoms with Gasteiger partial charge in [-0.25, -0.2) is 4.39 Å². The van der Waals surface area contributed by atoms with E-state index >= 15 is 0 Å². The lowest BCUT2D eigenvalue weighted by Crippen LogP contribution is -2.49. The third-order valence-corrected chi connectivity index (χ3v) is 5.22. The van der Waals surface area contributed by atoms with Crippen molar-refractivity contribution in [2.45, 2.75) is 12.7 Å². The molecule has 152 valence electrons. The molecule has 5 nitrogen and oxygen atoms in total. The summed E-state index contributed by atoms with van der Waals surface area (Å²) in [5.74, 6) is 0.266. The molecule has 1 saturated heterocycles. The molecule has 0 aromatic heterocycles. The second kappa shape index (κ2) is 10.1. The third kappa shape index (κ3) is 5.35. The van der Waals surface area contributed by atoms with Crippen molar-refractivity contribution in [1.29, 1.82) is 0 Å². The fourth-order valence-electron chi connectivity index (χ4n) is 3.39. The van der Waals surface area contributed by atoms with Crippen molar-refractivity contribution in [3.8, 4) is 5.75 Å². The highest BCUT2D eigenvalue weighted by Gasteiger charge is 2.23. The molecule has 2 aromatic rings. The molecule has 0 aliphatic carbocycles. The Labute approximate surface area is 170 Å². The molecule has 0 spiro atoms. The fraction of sp³-hybridized carbons (Fsp3) is 0.429. The van der Waals surface area contributed by atoms with E-state index < -0.39 is 6.10 Å². The van der Waals surface area contributed by atoms with Gasteiger partial charge in [-0.15, -0.1) is 0 Å². The average Bonchev–Trinajstić information content (AvgIpc) is 2.70. The fourth-order valence-corrected chi connectivity index (χ4v) is 3.58. The molecule has 0 radical (unpaired) electrons. The smallest absolute Gasteiger partial charge is 0.150 e. The summed E-state index contributed by atoms with van der Waals surface area (Å²) in [6, 6.07) is 12.4. The zero-order valence-corrected chi connectivity index (χ0v) is 16.7. The summed E-state index contributed by atoms with van der Waals surface area (Å²) >= 11 is 6.10. The van der Waals surface area contributed by atoms with Crippen LogP contribution in [0.2, 0.25) is 5.02 Å². The Morgan fingerprint density at radius 3 is 2.57 bits per heavy atom. The molecule has 1 heterocycles. The number of halogens is 2. The summed E-state index contributed by atoms with van der Waals surface area (Å²) in [5.41, 5.74) is 1.41. The van der Waals surface area contributed by atoms with E-state index in [-0.39, 0.29) is 12.4 Å². The van der Waals surface area contributed by atoms with E-state index in [9.17, 15) is 9.50 Å². The summed E-state index contributed by atoms with van der Waals surface area (Å²) in [7, 11) is 1.55. The lowest BCUT2D eigenvalue weighted by molar-refractivity contribution is 0.00913. The van der Waals surface area contributed by atoms with Gasteiger partial charge in [0.05, 0.1) is 26.4 Å². The highest BCUT2D eigenvalue weighted by molar-refractivity contribution is 6.31. The molecule has 1 N–H and O–H groups in total. The molecular formula is C21H26ClFN2O3. The van der Waals surface area contributed by atoms with Crippen molar-refractivity contribution >= 4 is 17.3 Å². The molecular weight excluding hydrogens is 383 g/mol. The molecule has 7 heteroatoms. The Morgan fingerprint density at radius 2 is 1.86 bits per heavy atom. The van der Waals surface area contributed by atoms with Crippen LogP contribution in [0.3, 0.4) is 0 Å². The van der Waals surface area contributed by atoms with E-state index in [0.29, 0.717) is 42.7 Å². The van der Waals surface area contributed by atoms with Crippen molar-refractivity contribution in [3.05, 3.63) is 58.9 Å². The van der Waals surface area contributed by atoms with Crippen LogP contribution in [0.1, 0.15) is 5.56 Å². The summed E-state index contributed by atoms with van der Waals surface area (Å²) in [4.78, 5) is 4.15. The maximum absolute atomic E-state index is 14.2. The van der Waals surface area contributed by atoms with Gasteiger partial charge in [0, 0.05) is 37.7 Å². The van der Waals surface area contributed by atoms with Crippen LogP contribution in [0.5, 0.6) is 5.75 Å². The summed E-state index contributed by atoms with van der Waals surface area (Å²) < 4.78 is 25.1. The summed E-state index contributed by atoms with van der Waals surface area (Å²) in [5, 5.41) is 10.9. The lowest BCUT2D eigenvalue weighted by Gasteiger charge is -2.37. The first kappa shape index (κ1) is 20.9. The van der Waals surface area contributed by atoms with Gasteiger partial charge in [-0.3, -0.25) is 4.90 Å². The van der Waals surface area contributed by atoms with Gasteiger partial charge in [-0.1, -0.05) is 35.9 Å². The van der Waals surface area contributed by atoms with Crippen molar-refractivity contribution in [2.75, 3.05) is 51.3 Å². The first-order chi connectivity index (χ1) is 13.6. The lowest BCUT2D eigenvalue weighted by atomic mass is 10.2. The minimum atomic E-state index is -0.586. The number of nitrogens with zero attached hydrogens (tertiary/aromatic N) is 2. The van der Waals surface area contributed by atoms with Crippen molar-refractivity contribution in [3.63, 3.8) is 0 Å². The molecule has 1 fully saturated rings. The second-order valence-corrected chi connectivity index (χ2v) is 7.25. The molecule has 1 atom stereocenters. The van der Waals surface area contributed by atoms with Gasteiger partial charge in [-0.2, -0.15) is 0 Å².